The third kappa shape index (κ3) is 13.7. The lowest BCUT2D eigenvalue weighted by Crippen LogP contribution is -2.61. The van der Waals surface area contributed by atoms with Crippen LogP contribution in [0.5, 0.6) is 0 Å². The van der Waals surface area contributed by atoms with E-state index in [4.69, 9.17) is 30.4 Å². The summed E-state index contributed by atoms with van der Waals surface area (Å²) >= 11 is 0. The van der Waals surface area contributed by atoms with Gasteiger partial charge < -0.3 is 61.1 Å². The average molecular weight is 767 g/mol. The Labute approximate surface area is 317 Å². The quantitative estimate of drug-likeness (QED) is 0.176. The van der Waals surface area contributed by atoms with Crippen LogP contribution in [0.4, 0.5) is 0 Å². The van der Waals surface area contributed by atoms with E-state index >= 15 is 0 Å². The van der Waals surface area contributed by atoms with Crippen molar-refractivity contribution in [1.82, 2.24) is 0 Å². The fraction of sp³-hybridized carbons (Fsp3) is 0.718. The number of allylic oxidation sites excluding steroid dienone is 6. The number of hydrogen-bond donors (Lipinski definition) is 8. The molecule has 3 aliphatic rings. The summed E-state index contributed by atoms with van der Waals surface area (Å²) < 4.78 is 23.6. The van der Waals surface area contributed by atoms with Crippen LogP contribution in [-0.2, 0) is 33.3 Å². The van der Waals surface area contributed by atoms with Crippen LogP contribution in [0.1, 0.15) is 91.4 Å². The smallest absolute Gasteiger partial charge is 0.311 e. The van der Waals surface area contributed by atoms with Gasteiger partial charge in [-0.2, -0.15) is 0 Å². The highest BCUT2D eigenvalue weighted by Gasteiger charge is 2.50. The Hall–Kier alpha value is -2.83. The van der Waals surface area contributed by atoms with E-state index in [0.29, 0.717) is 12.8 Å². The van der Waals surface area contributed by atoms with E-state index in [1.165, 1.54) is 0 Å². The Morgan fingerprint density at radius 3 is 2.33 bits per heavy atom. The predicted octanol–water partition coefficient (Wildman–Crippen LogP) is 1.10. The second-order valence-corrected chi connectivity index (χ2v) is 14.7. The number of aliphatic hydroxyl groups is 6. The lowest BCUT2D eigenvalue weighted by atomic mass is 9.82. The van der Waals surface area contributed by atoms with Crippen molar-refractivity contribution >= 4 is 17.7 Å². The first-order valence-corrected chi connectivity index (χ1v) is 19.1. The molecule has 0 spiro atoms. The highest BCUT2D eigenvalue weighted by molar-refractivity contribution is 5.80. The van der Waals surface area contributed by atoms with Gasteiger partial charge >= 0.3 is 5.97 Å². The summed E-state index contributed by atoms with van der Waals surface area (Å²) in [6.07, 6.45) is 3.91. The summed E-state index contributed by atoms with van der Waals surface area (Å²) in [6, 6.07) is -1.08. The number of ether oxygens (including phenoxy) is 4. The summed E-state index contributed by atoms with van der Waals surface area (Å²) in [7, 11) is 0. The molecule has 2 fully saturated rings. The van der Waals surface area contributed by atoms with Crippen molar-refractivity contribution in [2.45, 2.75) is 164 Å². The molecule has 3 rings (SSSR count). The Balaban J connectivity index is 1.90. The number of carbonyl (C=O) groups is 3. The standard InChI is InChI=1S/C39H62N2O13/c1-4-14-26-17-11-9-7-6-8-10-12-18-27(53-38-35(47)33(40)34(46)23(3)51-38)20-31-32(36(41)48)30(45)22-39(50,54-31)21-25(43)16-13-15-24(42)19-29(44)28(5-2)37(49)52-26/h6-12,18,23,25-35,38,43-47,50H,4-5,13-17,19-22,40H2,1-3H3,(H2,41,48). The molecular formula is C39H62N2O13. The molecule has 15 nitrogen and oxygen atoms in total. The Morgan fingerprint density at radius 2 is 1.67 bits per heavy atom. The number of carbonyl (C=O) groups excluding carboxylic acids is 3. The second-order valence-electron chi connectivity index (χ2n) is 14.7. The molecular weight excluding hydrogens is 704 g/mol. The number of rotatable bonds is 6. The van der Waals surface area contributed by atoms with Crippen LogP contribution in [0.3, 0.4) is 0 Å². The van der Waals surface area contributed by atoms with Gasteiger partial charge in [-0.3, -0.25) is 14.4 Å². The molecule has 0 saturated carbocycles. The highest BCUT2D eigenvalue weighted by Crippen LogP contribution is 2.38. The number of fused-ring (bicyclic) bond motifs is 2. The van der Waals surface area contributed by atoms with E-state index in [-0.39, 0.29) is 50.7 Å². The van der Waals surface area contributed by atoms with E-state index < -0.39 is 103 Å². The zero-order valence-electron chi connectivity index (χ0n) is 31.6. The maximum absolute atomic E-state index is 13.0. The topological polar surface area (TPSA) is 262 Å². The van der Waals surface area contributed by atoms with Gasteiger partial charge in [0, 0.05) is 38.5 Å². The van der Waals surface area contributed by atoms with Gasteiger partial charge in [-0.15, -0.1) is 0 Å². The molecule has 1 amide bonds. The Bertz CT molecular complexity index is 1320. The summed E-state index contributed by atoms with van der Waals surface area (Å²) in [4.78, 5) is 38.4. The van der Waals surface area contributed by atoms with Crippen molar-refractivity contribution < 1.29 is 64.0 Å². The molecule has 0 radical (unpaired) electrons. The number of nitrogens with two attached hydrogens (primary N) is 2. The van der Waals surface area contributed by atoms with Gasteiger partial charge in [0.15, 0.2) is 12.1 Å². The predicted molar refractivity (Wildman–Crippen MR) is 197 cm³/mol. The molecule has 2 saturated heterocycles. The molecule has 14 atom stereocenters. The zero-order chi connectivity index (χ0) is 40.0. The van der Waals surface area contributed by atoms with Gasteiger partial charge in [0.05, 0.1) is 60.6 Å². The number of hydrogen-bond acceptors (Lipinski definition) is 14. The van der Waals surface area contributed by atoms with Crippen LogP contribution >= 0.6 is 0 Å². The van der Waals surface area contributed by atoms with E-state index in [0.717, 1.165) is 6.42 Å². The molecule has 54 heavy (non-hydrogen) atoms. The summed E-state index contributed by atoms with van der Waals surface area (Å²) in [5.74, 6) is -6.00. The largest absolute Gasteiger partial charge is 0.462 e. The molecule has 0 aromatic rings. The number of primary amides is 1. The average Bonchev–Trinajstić information content (AvgIpc) is 3.08. The van der Waals surface area contributed by atoms with E-state index in [1.807, 2.05) is 13.0 Å². The molecule has 0 aromatic heterocycles. The monoisotopic (exact) mass is 766 g/mol. The van der Waals surface area contributed by atoms with Gasteiger partial charge in [0.25, 0.3) is 0 Å². The van der Waals surface area contributed by atoms with Gasteiger partial charge in [0.2, 0.25) is 5.91 Å². The lowest BCUT2D eigenvalue weighted by Gasteiger charge is -2.45. The van der Waals surface area contributed by atoms with E-state index in [2.05, 4.69) is 0 Å². The number of aliphatic hydroxyl groups excluding tert-OH is 5. The summed E-state index contributed by atoms with van der Waals surface area (Å²) in [5.41, 5.74) is 11.7. The molecule has 306 valence electrons. The van der Waals surface area contributed by atoms with Crippen LogP contribution in [0, 0.1) is 11.8 Å². The van der Waals surface area contributed by atoms with Crippen molar-refractivity contribution in [3.05, 3.63) is 48.6 Å². The van der Waals surface area contributed by atoms with Crippen molar-refractivity contribution in [3.63, 3.8) is 0 Å². The molecule has 3 heterocycles. The SMILES string of the molecule is CCCC1CC=CC=CC=CC=CC(OC2OC(C)C(O)C(N)C2O)CC2OC(O)(CC(O)CCCC(=O)CC(O)C(CC)C(=O)O1)CC(O)C2C(N)=O. The van der Waals surface area contributed by atoms with Crippen LogP contribution in [0.25, 0.3) is 0 Å². The minimum absolute atomic E-state index is 0.00114. The molecule has 14 unspecified atom stereocenters. The first kappa shape index (κ1) is 45.6. The number of ketones is 1. The zero-order valence-corrected chi connectivity index (χ0v) is 31.6. The highest BCUT2D eigenvalue weighted by atomic mass is 16.7. The minimum Gasteiger partial charge on any atom is -0.462 e. The van der Waals surface area contributed by atoms with Gasteiger partial charge in [-0.05, 0) is 32.6 Å². The number of Topliss-reactive ketones (excluding diaryl/α,β-unsaturated/α-hetero) is 1. The van der Waals surface area contributed by atoms with Gasteiger partial charge in [-0.1, -0.05) is 68.9 Å². The first-order valence-electron chi connectivity index (χ1n) is 19.1. The third-order valence-electron chi connectivity index (χ3n) is 10.2. The van der Waals surface area contributed by atoms with Crippen molar-refractivity contribution in [2.75, 3.05) is 0 Å². The normalized spacial score (nSPS) is 39.9. The summed E-state index contributed by atoms with van der Waals surface area (Å²) in [5, 5.41) is 65.3. The van der Waals surface area contributed by atoms with Crippen LogP contribution in [-0.4, -0.2) is 121 Å². The number of esters is 1. The number of cyclic esters (lactones) is 1. The van der Waals surface area contributed by atoms with Gasteiger partial charge in [0.1, 0.15) is 18.0 Å². The van der Waals surface area contributed by atoms with Crippen LogP contribution in [0.2, 0.25) is 0 Å². The molecule has 0 aromatic carbocycles. The van der Waals surface area contributed by atoms with Crippen molar-refractivity contribution in [2.24, 2.45) is 23.3 Å². The maximum Gasteiger partial charge on any atom is 0.311 e. The fourth-order valence-electron chi connectivity index (χ4n) is 7.20. The Kier molecular flexibility index (Phi) is 18.6. The van der Waals surface area contributed by atoms with Crippen LogP contribution in [0.15, 0.2) is 48.6 Å². The third-order valence-corrected chi connectivity index (χ3v) is 10.2. The number of amides is 1. The summed E-state index contributed by atoms with van der Waals surface area (Å²) in [6.45, 7) is 5.29. The van der Waals surface area contributed by atoms with E-state index in [1.54, 1.807) is 56.4 Å². The molecule has 3 aliphatic heterocycles. The minimum atomic E-state index is -2.10. The molecule has 2 bridgehead atoms. The maximum atomic E-state index is 13.0. The van der Waals surface area contributed by atoms with Crippen molar-refractivity contribution in [1.29, 1.82) is 0 Å². The van der Waals surface area contributed by atoms with Crippen molar-refractivity contribution in [3.8, 4) is 0 Å². The van der Waals surface area contributed by atoms with E-state index in [9.17, 15) is 45.0 Å². The van der Waals surface area contributed by atoms with Crippen LogP contribution < -0.4 is 11.5 Å². The lowest BCUT2D eigenvalue weighted by molar-refractivity contribution is -0.306. The Morgan fingerprint density at radius 1 is 0.981 bits per heavy atom. The fourth-order valence-corrected chi connectivity index (χ4v) is 7.20. The molecule has 10 N–H and O–H groups in total. The first-order chi connectivity index (χ1) is 25.6. The molecule has 0 aliphatic carbocycles. The van der Waals surface area contributed by atoms with Gasteiger partial charge in [-0.25, -0.2) is 0 Å². The molecule has 15 heteroatoms. The second kappa shape index (κ2) is 22.0.